The van der Waals surface area contributed by atoms with Gasteiger partial charge in [-0.2, -0.15) is 0 Å². The number of imide groups is 1. The van der Waals surface area contributed by atoms with E-state index in [1.54, 1.807) is 12.1 Å². The number of amidine groups is 1. The largest absolute Gasteiger partial charge is 0.384 e. The Morgan fingerprint density at radius 1 is 1.03 bits per heavy atom. The number of hydrogen-bond donors (Lipinski definition) is 2. The van der Waals surface area contributed by atoms with Crippen molar-refractivity contribution in [3.05, 3.63) is 70.8 Å². The van der Waals surface area contributed by atoms with Gasteiger partial charge in [0.1, 0.15) is 17.5 Å². The first-order chi connectivity index (χ1) is 14.8. The molecule has 5 rings (SSSR count). The van der Waals surface area contributed by atoms with Crippen LogP contribution in [0.3, 0.4) is 0 Å². The SMILES string of the molecule is Cl.N=C(N)c1ccc([C@H]2[C@H]3C(=O)N(Cc4cc(F)cc(F)c4)C(=O)[C@H]3C3CCCN32)cc1. The van der Waals surface area contributed by atoms with Crippen LogP contribution in [-0.2, 0) is 16.1 Å². The van der Waals surface area contributed by atoms with Gasteiger partial charge in [-0.3, -0.25) is 24.8 Å². The van der Waals surface area contributed by atoms with Crippen molar-refractivity contribution in [2.45, 2.75) is 31.5 Å². The van der Waals surface area contributed by atoms with Gasteiger partial charge in [0.05, 0.1) is 18.4 Å². The van der Waals surface area contributed by atoms with Crippen molar-refractivity contribution in [2.24, 2.45) is 17.6 Å². The van der Waals surface area contributed by atoms with Crippen molar-refractivity contribution in [1.82, 2.24) is 9.80 Å². The Balaban J connectivity index is 0.00000245. The van der Waals surface area contributed by atoms with Crippen molar-refractivity contribution in [3.8, 4) is 0 Å². The first-order valence-corrected chi connectivity index (χ1v) is 10.4. The molecule has 3 fully saturated rings. The number of nitrogen functional groups attached to an aromatic ring is 1. The van der Waals surface area contributed by atoms with Crippen LogP contribution < -0.4 is 5.73 Å². The molecule has 1 unspecified atom stereocenters. The summed E-state index contributed by atoms with van der Waals surface area (Å²) in [5, 5.41) is 7.58. The minimum Gasteiger partial charge on any atom is -0.384 e. The minimum atomic E-state index is -0.736. The van der Waals surface area contributed by atoms with Gasteiger partial charge in [-0.05, 0) is 42.6 Å². The Morgan fingerprint density at radius 3 is 2.28 bits per heavy atom. The average molecular weight is 461 g/mol. The van der Waals surface area contributed by atoms with Crippen LogP contribution in [0.15, 0.2) is 42.5 Å². The smallest absolute Gasteiger partial charge is 0.235 e. The highest BCUT2D eigenvalue weighted by atomic mass is 35.5. The third-order valence-electron chi connectivity index (χ3n) is 6.77. The normalized spacial score (nSPS) is 26.8. The summed E-state index contributed by atoms with van der Waals surface area (Å²) in [5.74, 6) is -3.05. The molecule has 0 spiro atoms. The number of fused-ring (bicyclic) bond motifs is 3. The Labute approximate surface area is 190 Å². The topological polar surface area (TPSA) is 90.5 Å². The predicted molar refractivity (Wildman–Crippen MR) is 116 cm³/mol. The van der Waals surface area contributed by atoms with E-state index in [1.807, 2.05) is 12.1 Å². The second-order valence-electron chi connectivity index (χ2n) is 8.52. The summed E-state index contributed by atoms with van der Waals surface area (Å²) in [6.07, 6.45) is 1.79. The molecule has 32 heavy (non-hydrogen) atoms. The molecule has 4 atom stereocenters. The van der Waals surface area contributed by atoms with Gasteiger partial charge in [0.2, 0.25) is 11.8 Å². The van der Waals surface area contributed by atoms with Gasteiger partial charge in [0.15, 0.2) is 0 Å². The maximum absolute atomic E-state index is 13.6. The van der Waals surface area contributed by atoms with Gasteiger partial charge in [-0.1, -0.05) is 24.3 Å². The van der Waals surface area contributed by atoms with E-state index >= 15 is 0 Å². The number of halogens is 3. The van der Waals surface area contributed by atoms with Crippen LogP contribution in [0.4, 0.5) is 8.78 Å². The number of benzene rings is 2. The second kappa shape index (κ2) is 8.26. The van der Waals surface area contributed by atoms with E-state index in [0.717, 1.165) is 48.0 Å². The highest BCUT2D eigenvalue weighted by Gasteiger charge is 2.62. The highest BCUT2D eigenvalue weighted by molar-refractivity contribution is 6.06. The maximum atomic E-state index is 13.6. The van der Waals surface area contributed by atoms with E-state index in [1.165, 1.54) is 0 Å². The second-order valence-corrected chi connectivity index (χ2v) is 8.52. The van der Waals surface area contributed by atoms with Crippen molar-refractivity contribution >= 4 is 30.1 Å². The molecule has 0 aromatic heterocycles. The summed E-state index contributed by atoms with van der Waals surface area (Å²) < 4.78 is 27.2. The van der Waals surface area contributed by atoms with Crippen molar-refractivity contribution < 1.29 is 18.4 Å². The van der Waals surface area contributed by atoms with Gasteiger partial charge in [-0.15, -0.1) is 12.4 Å². The third-order valence-corrected chi connectivity index (χ3v) is 6.77. The molecular formula is C23H23ClF2N4O2. The molecule has 3 saturated heterocycles. The fraction of sp³-hybridized carbons (Fsp3) is 0.348. The van der Waals surface area contributed by atoms with Gasteiger partial charge in [0, 0.05) is 23.7 Å². The summed E-state index contributed by atoms with van der Waals surface area (Å²) in [6, 6.07) is 10.0. The maximum Gasteiger partial charge on any atom is 0.235 e. The van der Waals surface area contributed by atoms with Gasteiger partial charge < -0.3 is 5.73 Å². The molecule has 0 bridgehead atoms. The van der Waals surface area contributed by atoms with Crippen LogP contribution in [0.1, 0.15) is 35.6 Å². The lowest BCUT2D eigenvalue weighted by atomic mass is 9.85. The number of rotatable bonds is 4. The number of likely N-dealkylation sites (tertiary alicyclic amines) is 1. The van der Waals surface area contributed by atoms with Crippen molar-refractivity contribution in [3.63, 3.8) is 0 Å². The van der Waals surface area contributed by atoms with E-state index in [0.29, 0.717) is 5.56 Å². The zero-order valence-electron chi connectivity index (χ0n) is 17.1. The molecule has 9 heteroatoms. The van der Waals surface area contributed by atoms with Crippen LogP contribution in [0, 0.1) is 28.9 Å². The molecule has 3 aliphatic rings. The van der Waals surface area contributed by atoms with E-state index in [-0.39, 0.29) is 54.2 Å². The quantitative estimate of drug-likeness (QED) is 0.417. The number of nitrogens with zero attached hydrogens (tertiary/aromatic N) is 2. The van der Waals surface area contributed by atoms with Crippen LogP contribution in [-0.4, -0.2) is 40.0 Å². The number of carbonyl (C=O) groups is 2. The van der Waals surface area contributed by atoms with Crippen molar-refractivity contribution in [2.75, 3.05) is 6.54 Å². The lowest BCUT2D eigenvalue weighted by molar-refractivity contribution is -0.142. The van der Waals surface area contributed by atoms with Crippen LogP contribution in [0.2, 0.25) is 0 Å². The fourth-order valence-corrected chi connectivity index (χ4v) is 5.56. The molecule has 6 nitrogen and oxygen atoms in total. The number of amides is 2. The molecule has 0 radical (unpaired) electrons. The zero-order valence-corrected chi connectivity index (χ0v) is 17.9. The molecule has 3 heterocycles. The molecule has 0 aliphatic carbocycles. The number of carbonyl (C=O) groups excluding carboxylic acids is 2. The van der Waals surface area contributed by atoms with E-state index < -0.39 is 23.5 Å². The number of hydrogen-bond acceptors (Lipinski definition) is 4. The zero-order chi connectivity index (χ0) is 21.9. The monoisotopic (exact) mass is 460 g/mol. The first-order valence-electron chi connectivity index (χ1n) is 10.4. The van der Waals surface area contributed by atoms with Gasteiger partial charge in [0.25, 0.3) is 0 Å². The summed E-state index contributed by atoms with van der Waals surface area (Å²) >= 11 is 0. The number of nitrogens with one attached hydrogen (secondary N) is 1. The van der Waals surface area contributed by atoms with E-state index in [9.17, 15) is 18.4 Å². The standard InChI is InChI=1S/C23H22F2N4O2.ClH/c24-15-8-12(9-16(25)10-15)11-29-22(30)18-17-2-1-7-28(17)20(19(18)23(29)31)13-3-5-14(6-4-13)21(26)27;/h3-6,8-10,17-20H,1-2,7,11H2,(H3,26,27);1H/t17?,18-,19-,20-;/m0./s1. The minimum absolute atomic E-state index is 0. The molecule has 168 valence electrons. The molecular weight excluding hydrogens is 438 g/mol. The van der Waals surface area contributed by atoms with E-state index in [2.05, 4.69) is 4.90 Å². The Hall–Kier alpha value is -2.84. The van der Waals surface area contributed by atoms with Crippen molar-refractivity contribution in [1.29, 1.82) is 5.41 Å². The molecule has 0 saturated carbocycles. The fourth-order valence-electron chi connectivity index (χ4n) is 5.56. The molecule has 3 N–H and O–H groups in total. The molecule has 2 amide bonds. The molecule has 2 aromatic rings. The highest BCUT2D eigenvalue weighted by Crippen LogP contribution is 2.53. The van der Waals surface area contributed by atoms with Gasteiger partial charge >= 0.3 is 0 Å². The molecule has 3 aliphatic heterocycles. The lowest BCUT2D eigenvalue weighted by Crippen LogP contribution is -2.38. The Bertz CT molecular complexity index is 1070. The summed E-state index contributed by atoms with van der Waals surface area (Å²) in [6.45, 7) is 0.675. The average Bonchev–Trinajstić information content (AvgIpc) is 3.36. The Morgan fingerprint density at radius 2 is 1.66 bits per heavy atom. The molecule has 2 aromatic carbocycles. The van der Waals surface area contributed by atoms with E-state index in [4.69, 9.17) is 11.1 Å². The predicted octanol–water partition coefficient (Wildman–Crippen LogP) is 2.99. The summed E-state index contributed by atoms with van der Waals surface area (Å²) in [7, 11) is 0. The van der Waals surface area contributed by atoms with Crippen LogP contribution >= 0.6 is 12.4 Å². The first kappa shape index (κ1) is 22.4. The van der Waals surface area contributed by atoms with Gasteiger partial charge in [-0.25, -0.2) is 8.78 Å². The van der Waals surface area contributed by atoms with Crippen LogP contribution in [0.5, 0.6) is 0 Å². The number of nitrogens with two attached hydrogens (primary N) is 1. The Kier molecular flexibility index (Phi) is 5.77. The summed E-state index contributed by atoms with van der Waals surface area (Å²) in [5.41, 5.74) is 7.31. The van der Waals surface area contributed by atoms with Crippen LogP contribution in [0.25, 0.3) is 0 Å². The third kappa shape index (κ3) is 3.47. The lowest BCUT2D eigenvalue weighted by Gasteiger charge is -2.29. The summed E-state index contributed by atoms with van der Waals surface area (Å²) in [4.78, 5) is 30.1.